The van der Waals surface area contributed by atoms with Crippen LogP contribution in [0.2, 0.25) is 0 Å². The Labute approximate surface area is 110 Å². The summed E-state index contributed by atoms with van der Waals surface area (Å²) in [5.74, 6) is -0.274. The smallest absolute Gasteiger partial charge is 0.305 e. The average molecular weight is 261 g/mol. The van der Waals surface area contributed by atoms with Gasteiger partial charge in [-0.3, -0.25) is 9.59 Å². The van der Waals surface area contributed by atoms with Crippen molar-refractivity contribution in [3.63, 3.8) is 0 Å². The van der Waals surface area contributed by atoms with E-state index in [1.54, 1.807) is 29.0 Å². The first-order chi connectivity index (χ1) is 9.13. The van der Waals surface area contributed by atoms with Gasteiger partial charge in [0.2, 0.25) is 0 Å². The summed E-state index contributed by atoms with van der Waals surface area (Å²) >= 11 is 0. The highest BCUT2D eigenvalue weighted by atomic mass is 16.5. The zero-order valence-electron chi connectivity index (χ0n) is 10.6. The number of carboxylic acid groups (broad SMARTS) is 1. The highest BCUT2D eigenvalue weighted by Gasteiger charge is 2.09. The minimum atomic E-state index is -0.874. The quantitative estimate of drug-likeness (QED) is 0.892. The summed E-state index contributed by atoms with van der Waals surface area (Å²) in [5, 5.41) is 9.31. The highest BCUT2D eigenvalue weighted by molar-refractivity contribution is 5.85. The van der Waals surface area contributed by atoms with Gasteiger partial charge in [0.05, 0.1) is 18.5 Å². The second-order valence-electron chi connectivity index (χ2n) is 4.10. The molecule has 5 heteroatoms. The van der Waals surface area contributed by atoms with E-state index in [0.29, 0.717) is 29.8 Å². The molecule has 0 aliphatic heterocycles. The Morgan fingerprint density at radius 1 is 1.37 bits per heavy atom. The third kappa shape index (κ3) is 2.76. The molecular formula is C14H15NO4. The van der Waals surface area contributed by atoms with Gasteiger partial charge in [0.15, 0.2) is 5.43 Å². The molecule has 0 unspecified atom stereocenters. The van der Waals surface area contributed by atoms with Crippen molar-refractivity contribution in [1.29, 1.82) is 0 Å². The van der Waals surface area contributed by atoms with Gasteiger partial charge >= 0.3 is 5.97 Å². The number of fused-ring (bicyclic) bond motifs is 1. The SMILES string of the molecule is CCOc1cccc2c(=O)ccn(CCC(=O)O)c12. The zero-order valence-corrected chi connectivity index (χ0v) is 10.6. The minimum Gasteiger partial charge on any atom is -0.492 e. The van der Waals surface area contributed by atoms with E-state index in [4.69, 9.17) is 9.84 Å². The molecule has 0 aliphatic carbocycles. The van der Waals surface area contributed by atoms with Gasteiger partial charge in [-0.2, -0.15) is 0 Å². The number of carboxylic acids is 1. The summed E-state index contributed by atoms with van der Waals surface area (Å²) in [4.78, 5) is 22.5. The molecule has 5 nitrogen and oxygen atoms in total. The van der Waals surface area contributed by atoms with Crippen LogP contribution in [0.1, 0.15) is 13.3 Å². The molecule has 1 heterocycles. The number of aliphatic carboxylic acids is 1. The number of ether oxygens (including phenoxy) is 1. The number of carbonyl (C=O) groups is 1. The van der Waals surface area contributed by atoms with E-state index in [0.717, 1.165) is 0 Å². The Kier molecular flexibility index (Phi) is 3.85. The summed E-state index contributed by atoms with van der Waals surface area (Å²) < 4.78 is 7.26. The number of nitrogens with zero attached hydrogens (tertiary/aromatic N) is 1. The third-order valence-corrected chi connectivity index (χ3v) is 2.82. The summed E-state index contributed by atoms with van der Waals surface area (Å²) in [6, 6.07) is 6.70. The fourth-order valence-electron chi connectivity index (χ4n) is 2.01. The molecule has 0 saturated carbocycles. The second kappa shape index (κ2) is 5.56. The van der Waals surface area contributed by atoms with Crippen molar-refractivity contribution in [2.45, 2.75) is 19.9 Å². The van der Waals surface area contributed by atoms with Crippen LogP contribution in [-0.2, 0) is 11.3 Å². The number of benzene rings is 1. The van der Waals surface area contributed by atoms with Crippen molar-refractivity contribution < 1.29 is 14.6 Å². The molecule has 19 heavy (non-hydrogen) atoms. The zero-order chi connectivity index (χ0) is 13.8. The monoisotopic (exact) mass is 261 g/mol. The summed E-state index contributed by atoms with van der Waals surface area (Å²) in [6.07, 6.45) is 1.61. The van der Waals surface area contributed by atoms with Crippen LogP contribution in [0.4, 0.5) is 0 Å². The predicted octanol–water partition coefficient (Wildman–Crippen LogP) is 1.87. The lowest BCUT2D eigenvalue weighted by atomic mass is 10.2. The lowest BCUT2D eigenvalue weighted by Crippen LogP contribution is -2.11. The van der Waals surface area contributed by atoms with E-state index in [1.807, 2.05) is 6.92 Å². The molecule has 0 radical (unpaired) electrons. The lowest BCUT2D eigenvalue weighted by molar-refractivity contribution is -0.137. The Bertz CT molecular complexity index is 660. The van der Waals surface area contributed by atoms with E-state index in [2.05, 4.69) is 0 Å². The maximum Gasteiger partial charge on any atom is 0.305 e. The first-order valence-corrected chi connectivity index (χ1v) is 6.10. The van der Waals surface area contributed by atoms with E-state index in [-0.39, 0.29) is 11.8 Å². The normalized spacial score (nSPS) is 10.6. The number of rotatable bonds is 5. The topological polar surface area (TPSA) is 68.5 Å². The maximum atomic E-state index is 11.8. The van der Waals surface area contributed by atoms with Crippen molar-refractivity contribution in [2.24, 2.45) is 0 Å². The Morgan fingerprint density at radius 2 is 2.16 bits per heavy atom. The molecule has 2 aromatic rings. The number of aromatic nitrogens is 1. The van der Waals surface area contributed by atoms with Crippen LogP contribution >= 0.6 is 0 Å². The van der Waals surface area contributed by atoms with Gasteiger partial charge in [0.1, 0.15) is 5.75 Å². The van der Waals surface area contributed by atoms with Crippen molar-refractivity contribution >= 4 is 16.9 Å². The summed E-state index contributed by atoms with van der Waals surface area (Å²) in [7, 11) is 0. The number of pyridine rings is 1. The first-order valence-electron chi connectivity index (χ1n) is 6.10. The first kappa shape index (κ1) is 13.1. The molecule has 0 fully saturated rings. The maximum absolute atomic E-state index is 11.8. The molecule has 0 amide bonds. The number of hydrogen-bond acceptors (Lipinski definition) is 3. The van der Waals surface area contributed by atoms with Gasteiger partial charge in [0, 0.05) is 24.2 Å². The predicted molar refractivity (Wildman–Crippen MR) is 71.6 cm³/mol. The molecule has 100 valence electrons. The van der Waals surface area contributed by atoms with Crippen LogP contribution in [0.3, 0.4) is 0 Å². The fraction of sp³-hybridized carbons (Fsp3) is 0.286. The summed E-state index contributed by atoms with van der Waals surface area (Å²) in [5.41, 5.74) is 0.557. The van der Waals surface area contributed by atoms with E-state index in [9.17, 15) is 9.59 Å². The van der Waals surface area contributed by atoms with Crippen LogP contribution in [0.25, 0.3) is 10.9 Å². The van der Waals surface area contributed by atoms with Gasteiger partial charge in [0.25, 0.3) is 0 Å². The highest BCUT2D eigenvalue weighted by Crippen LogP contribution is 2.23. The average Bonchev–Trinajstić information content (AvgIpc) is 2.39. The van der Waals surface area contributed by atoms with E-state index in [1.165, 1.54) is 6.07 Å². The van der Waals surface area contributed by atoms with Crippen LogP contribution < -0.4 is 10.2 Å². The minimum absolute atomic E-state index is 0.00156. The van der Waals surface area contributed by atoms with Gasteiger partial charge in [-0.25, -0.2) is 0 Å². The van der Waals surface area contributed by atoms with Gasteiger partial charge in [-0.15, -0.1) is 0 Å². The lowest BCUT2D eigenvalue weighted by Gasteiger charge is -2.13. The number of hydrogen-bond donors (Lipinski definition) is 1. The van der Waals surface area contributed by atoms with Crippen molar-refractivity contribution in [1.82, 2.24) is 4.57 Å². The second-order valence-corrected chi connectivity index (χ2v) is 4.10. The molecule has 0 aliphatic rings. The van der Waals surface area contributed by atoms with Gasteiger partial charge in [-0.1, -0.05) is 6.07 Å². The third-order valence-electron chi connectivity index (χ3n) is 2.82. The van der Waals surface area contributed by atoms with E-state index < -0.39 is 5.97 Å². The van der Waals surface area contributed by atoms with E-state index >= 15 is 0 Å². The molecule has 1 aromatic carbocycles. The Morgan fingerprint density at radius 3 is 2.84 bits per heavy atom. The Hall–Kier alpha value is -2.30. The van der Waals surface area contributed by atoms with Crippen molar-refractivity contribution in [3.05, 3.63) is 40.7 Å². The van der Waals surface area contributed by atoms with Gasteiger partial charge in [-0.05, 0) is 19.1 Å². The Balaban J connectivity index is 2.59. The molecular weight excluding hydrogens is 246 g/mol. The molecule has 0 bridgehead atoms. The number of aryl methyl sites for hydroxylation is 1. The summed E-state index contributed by atoms with van der Waals surface area (Å²) in [6.45, 7) is 2.65. The molecule has 1 aromatic heterocycles. The standard InChI is InChI=1S/C14H15NO4/c1-2-19-12-5-3-4-10-11(16)6-8-15(14(10)12)9-7-13(17)18/h3-6,8H,2,7,9H2,1H3,(H,17,18). The van der Waals surface area contributed by atoms with Crippen molar-refractivity contribution in [2.75, 3.05) is 6.61 Å². The molecule has 0 atom stereocenters. The van der Waals surface area contributed by atoms with Crippen LogP contribution in [0, 0.1) is 0 Å². The molecule has 2 rings (SSSR count). The van der Waals surface area contributed by atoms with Crippen LogP contribution in [0.15, 0.2) is 35.3 Å². The van der Waals surface area contributed by atoms with Crippen LogP contribution in [-0.4, -0.2) is 22.2 Å². The van der Waals surface area contributed by atoms with Gasteiger partial charge < -0.3 is 14.4 Å². The fourth-order valence-corrected chi connectivity index (χ4v) is 2.01. The molecule has 1 N–H and O–H groups in total. The van der Waals surface area contributed by atoms with Crippen LogP contribution in [0.5, 0.6) is 5.75 Å². The van der Waals surface area contributed by atoms with Crippen molar-refractivity contribution in [3.8, 4) is 5.75 Å². The molecule has 0 saturated heterocycles. The number of para-hydroxylation sites is 1. The molecule has 0 spiro atoms. The largest absolute Gasteiger partial charge is 0.492 e.